The first-order chi connectivity index (χ1) is 11.8. The minimum atomic E-state index is 0.0424. The van der Waals surface area contributed by atoms with E-state index >= 15 is 0 Å². The van der Waals surface area contributed by atoms with Gasteiger partial charge in [0.1, 0.15) is 0 Å². The van der Waals surface area contributed by atoms with Crippen molar-refractivity contribution in [3.63, 3.8) is 0 Å². The number of benzene rings is 2. The molecule has 0 aliphatic carbocycles. The quantitative estimate of drug-likeness (QED) is 0.632. The number of aliphatic hydroxyl groups is 1. The number of rotatable bonds is 8. The third-order valence-corrected chi connectivity index (χ3v) is 4.06. The lowest BCUT2D eigenvalue weighted by Gasteiger charge is -2.00. The van der Waals surface area contributed by atoms with Crippen LogP contribution in [0.2, 0.25) is 0 Å². The number of aromatic nitrogens is 2. The van der Waals surface area contributed by atoms with Crippen LogP contribution >= 0.6 is 0 Å². The van der Waals surface area contributed by atoms with Crippen LogP contribution in [0.25, 0.3) is 11.4 Å². The summed E-state index contributed by atoms with van der Waals surface area (Å²) >= 11 is 0. The summed E-state index contributed by atoms with van der Waals surface area (Å²) in [4.78, 5) is 4.45. The molecule has 4 nitrogen and oxygen atoms in total. The molecule has 0 bridgehead atoms. The van der Waals surface area contributed by atoms with Gasteiger partial charge in [0.2, 0.25) is 11.7 Å². The highest BCUT2D eigenvalue weighted by atomic mass is 16.5. The van der Waals surface area contributed by atoms with Crippen LogP contribution in [0.3, 0.4) is 0 Å². The first-order valence-electron chi connectivity index (χ1n) is 8.42. The largest absolute Gasteiger partial charge is 0.392 e. The van der Waals surface area contributed by atoms with E-state index in [0.29, 0.717) is 11.7 Å². The van der Waals surface area contributed by atoms with Crippen molar-refractivity contribution in [2.24, 2.45) is 0 Å². The molecule has 0 aliphatic heterocycles. The Morgan fingerprint density at radius 2 is 1.54 bits per heavy atom. The van der Waals surface area contributed by atoms with Gasteiger partial charge in [-0.2, -0.15) is 4.98 Å². The monoisotopic (exact) mass is 322 g/mol. The van der Waals surface area contributed by atoms with Gasteiger partial charge < -0.3 is 9.63 Å². The first-order valence-corrected chi connectivity index (χ1v) is 8.42. The fourth-order valence-electron chi connectivity index (χ4n) is 2.66. The third kappa shape index (κ3) is 4.52. The summed E-state index contributed by atoms with van der Waals surface area (Å²) in [5.74, 6) is 1.30. The smallest absolute Gasteiger partial charge is 0.226 e. The van der Waals surface area contributed by atoms with E-state index in [1.54, 1.807) is 0 Å². The zero-order valence-electron chi connectivity index (χ0n) is 13.7. The SMILES string of the molecule is OCc1ccc(-c2noc(CCCCCc3ccccc3)n2)cc1. The van der Waals surface area contributed by atoms with Gasteiger partial charge in [0, 0.05) is 12.0 Å². The van der Waals surface area contributed by atoms with Crippen LogP contribution in [0.1, 0.15) is 36.3 Å². The molecule has 1 aromatic heterocycles. The summed E-state index contributed by atoms with van der Waals surface area (Å²) < 4.78 is 5.33. The van der Waals surface area contributed by atoms with E-state index in [4.69, 9.17) is 9.63 Å². The highest BCUT2D eigenvalue weighted by Gasteiger charge is 2.08. The van der Waals surface area contributed by atoms with E-state index in [1.165, 1.54) is 12.0 Å². The van der Waals surface area contributed by atoms with Crippen molar-refractivity contribution < 1.29 is 9.63 Å². The lowest BCUT2D eigenvalue weighted by molar-refractivity contribution is 0.282. The van der Waals surface area contributed by atoms with Crippen molar-refractivity contribution in [1.29, 1.82) is 0 Å². The molecule has 0 saturated carbocycles. The topological polar surface area (TPSA) is 59.2 Å². The molecular weight excluding hydrogens is 300 g/mol. The van der Waals surface area contributed by atoms with Gasteiger partial charge in [-0.3, -0.25) is 0 Å². The van der Waals surface area contributed by atoms with E-state index in [9.17, 15) is 0 Å². The Kier molecular flexibility index (Phi) is 5.75. The van der Waals surface area contributed by atoms with E-state index < -0.39 is 0 Å². The van der Waals surface area contributed by atoms with Crippen molar-refractivity contribution in [3.8, 4) is 11.4 Å². The van der Waals surface area contributed by atoms with E-state index in [2.05, 4.69) is 34.4 Å². The summed E-state index contributed by atoms with van der Waals surface area (Å²) in [6.07, 6.45) is 5.31. The lowest BCUT2D eigenvalue weighted by atomic mass is 10.1. The lowest BCUT2D eigenvalue weighted by Crippen LogP contribution is -1.89. The molecule has 0 atom stereocenters. The number of unbranched alkanes of at least 4 members (excludes halogenated alkanes) is 2. The summed E-state index contributed by atoms with van der Waals surface area (Å²) in [6.45, 7) is 0.0424. The first kappa shape index (κ1) is 16.4. The van der Waals surface area contributed by atoms with Gasteiger partial charge in [-0.1, -0.05) is 66.2 Å². The Morgan fingerprint density at radius 1 is 0.792 bits per heavy atom. The maximum absolute atomic E-state index is 9.07. The molecular formula is C20H22N2O2. The fourth-order valence-corrected chi connectivity index (χ4v) is 2.66. The zero-order chi connectivity index (χ0) is 16.6. The van der Waals surface area contributed by atoms with Gasteiger partial charge in [-0.25, -0.2) is 0 Å². The molecule has 2 aromatic carbocycles. The molecule has 0 unspecified atom stereocenters. The van der Waals surface area contributed by atoms with Gasteiger partial charge in [0.25, 0.3) is 0 Å². The Hall–Kier alpha value is -2.46. The van der Waals surface area contributed by atoms with Crippen molar-refractivity contribution in [2.45, 2.75) is 38.7 Å². The Bertz CT molecular complexity index is 736. The predicted octanol–water partition coefficient (Wildman–Crippen LogP) is 4.18. The van der Waals surface area contributed by atoms with Crippen molar-refractivity contribution >= 4 is 0 Å². The second kappa shape index (κ2) is 8.41. The molecule has 0 saturated heterocycles. The van der Waals surface area contributed by atoms with Crippen molar-refractivity contribution in [3.05, 3.63) is 71.6 Å². The molecule has 124 valence electrons. The third-order valence-electron chi connectivity index (χ3n) is 4.06. The Morgan fingerprint density at radius 3 is 2.29 bits per heavy atom. The van der Waals surface area contributed by atoms with Gasteiger partial charge in [-0.05, 0) is 30.4 Å². The Labute approximate surface area is 142 Å². The number of hydrogen-bond acceptors (Lipinski definition) is 4. The average Bonchev–Trinajstić information content (AvgIpc) is 3.11. The maximum atomic E-state index is 9.07. The van der Waals surface area contributed by atoms with Crippen molar-refractivity contribution in [1.82, 2.24) is 10.1 Å². The second-order valence-corrected chi connectivity index (χ2v) is 5.91. The molecule has 3 aromatic rings. The molecule has 1 N–H and O–H groups in total. The predicted molar refractivity (Wildman–Crippen MR) is 93.4 cm³/mol. The molecule has 0 spiro atoms. The van der Waals surface area contributed by atoms with E-state index in [0.717, 1.165) is 36.8 Å². The number of nitrogens with zero attached hydrogens (tertiary/aromatic N) is 2. The van der Waals surface area contributed by atoms with Gasteiger partial charge in [-0.15, -0.1) is 0 Å². The molecule has 0 aliphatic rings. The second-order valence-electron chi connectivity index (χ2n) is 5.91. The maximum Gasteiger partial charge on any atom is 0.226 e. The average molecular weight is 322 g/mol. The molecule has 4 heteroatoms. The van der Waals surface area contributed by atoms with Crippen LogP contribution in [0.5, 0.6) is 0 Å². The summed E-state index contributed by atoms with van der Waals surface area (Å²) in [5, 5.41) is 13.1. The number of hydrogen-bond donors (Lipinski definition) is 1. The van der Waals surface area contributed by atoms with E-state index in [-0.39, 0.29) is 6.61 Å². The summed E-state index contributed by atoms with van der Waals surface area (Å²) in [6, 6.07) is 18.1. The summed E-state index contributed by atoms with van der Waals surface area (Å²) in [5.41, 5.74) is 3.18. The number of aliphatic hydroxyl groups excluding tert-OH is 1. The Balaban J connectivity index is 1.44. The number of aryl methyl sites for hydroxylation is 2. The molecule has 1 heterocycles. The highest BCUT2D eigenvalue weighted by Crippen LogP contribution is 2.17. The highest BCUT2D eigenvalue weighted by molar-refractivity contribution is 5.54. The molecule has 0 radical (unpaired) electrons. The van der Waals surface area contributed by atoms with Crippen LogP contribution in [0.4, 0.5) is 0 Å². The zero-order valence-corrected chi connectivity index (χ0v) is 13.7. The van der Waals surface area contributed by atoms with Crippen LogP contribution in [0, 0.1) is 0 Å². The minimum absolute atomic E-state index is 0.0424. The van der Waals surface area contributed by atoms with Gasteiger partial charge in [0.15, 0.2) is 0 Å². The molecule has 24 heavy (non-hydrogen) atoms. The van der Waals surface area contributed by atoms with Crippen LogP contribution in [0.15, 0.2) is 59.1 Å². The molecule has 0 amide bonds. The normalized spacial score (nSPS) is 10.9. The minimum Gasteiger partial charge on any atom is -0.392 e. The van der Waals surface area contributed by atoms with Gasteiger partial charge in [0.05, 0.1) is 6.61 Å². The molecule has 3 rings (SSSR count). The standard InChI is InChI=1S/C20H22N2O2/c23-15-17-11-13-18(14-12-17)20-21-19(24-22-20)10-6-2-5-9-16-7-3-1-4-8-16/h1,3-4,7-8,11-14,23H,2,5-6,9-10,15H2. The van der Waals surface area contributed by atoms with Crippen LogP contribution < -0.4 is 0 Å². The van der Waals surface area contributed by atoms with Crippen LogP contribution in [-0.4, -0.2) is 15.2 Å². The van der Waals surface area contributed by atoms with Crippen LogP contribution in [-0.2, 0) is 19.4 Å². The van der Waals surface area contributed by atoms with Crippen molar-refractivity contribution in [2.75, 3.05) is 0 Å². The van der Waals surface area contributed by atoms with E-state index in [1.807, 2.05) is 30.3 Å². The summed E-state index contributed by atoms with van der Waals surface area (Å²) in [7, 11) is 0. The molecule has 0 fully saturated rings. The fraction of sp³-hybridized carbons (Fsp3) is 0.300. The van der Waals surface area contributed by atoms with Gasteiger partial charge >= 0.3 is 0 Å².